The van der Waals surface area contributed by atoms with E-state index in [4.69, 9.17) is 12.2 Å². The summed E-state index contributed by atoms with van der Waals surface area (Å²) in [4.78, 5) is 4.65. The predicted octanol–water partition coefficient (Wildman–Crippen LogP) is 4.72. The third kappa shape index (κ3) is 1.51. The Morgan fingerprint density at radius 1 is 1.11 bits per heavy atom. The van der Waals surface area contributed by atoms with Crippen molar-refractivity contribution in [2.75, 3.05) is 0 Å². The molecule has 0 bridgehead atoms. The van der Waals surface area contributed by atoms with Gasteiger partial charge in [0.15, 0.2) is 0 Å². The zero-order valence-corrected chi connectivity index (χ0v) is 12.9. The Morgan fingerprint density at radius 2 is 1.83 bits per heavy atom. The third-order valence-electron chi connectivity index (χ3n) is 6.68. The van der Waals surface area contributed by atoms with Crippen molar-refractivity contribution in [3.05, 3.63) is 0 Å². The minimum atomic E-state index is 0.0614. The molecule has 0 N–H and O–H groups in total. The average Bonchev–Trinajstić information content (AvgIpc) is 2.80. The highest BCUT2D eigenvalue weighted by atomic mass is 32.1. The fraction of sp³-hybridized carbons (Fsp3) is 0.938. The summed E-state index contributed by atoms with van der Waals surface area (Å²) in [5, 5.41) is 2.70. The molecular formula is C16H25NS. The molecule has 5 atom stereocenters. The highest BCUT2D eigenvalue weighted by Crippen LogP contribution is 2.74. The molecule has 3 aliphatic rings. The van der Waals surface area contributed by atoms with Crippen molar-refractivity contribution in [1.82, 2.24) is 0 Å². The Hall–Kier alpha value is -0.200. The molecule has 0 aliphatic heterocycles. The number of hydrogen-bond donors (Lipinski definition) is 0. The maximum atomic E-state index is 4.93. The van der Waals surface area contributed by atoms with Gasteiger partial charge in [-0.3, -0.25) is 0 Å². The van der Waals surface area contributed by atoms with Crippen LogP contribution in [0, 0.1) is 28.6 Å². The van der Waals surface area contributed by atoms with Gasteiger partial charge in [-0.05, 0) is 73.4 Å². The van der Waals surface area contributed by atoms with Gasteiger partial charge in [-0.2, -0.15) is 0 Å². The number of isothiocyanates is 1. The number of rotatable bonds is 1. The summed E-state index contributed by atoms with van der Waals surface area (Å²) in [6.07, 6.45) is 6.73. The van der Waals surface area contributed by atoms with Gasteiger partial charge in [-0.1, -0.05) is 27.2 Å². The molecule has 18 heavy (non-hydrogen) atoms. The molecular weight excluding hydrogens is 238 g/mol. The first-order valence-corrected chi connectivity index (χ1v) is 7.85. The number of hydrogen-bond acceptors (Lipinski definition) is 2. The van der Waals surface area contributed by atoms with Crippen LogP contribution in [0.2, 0.25) is 0 Å². The van der Waals surface area contributed by atoms with Gasteiger partial charge in [-0.15, -0.1) is 0 Å². The summed E-state index contributed by atoms with van der Waals surface area (Å²) in [7, 11) is 0. The normalized spacial score (nSPS) is 52.8. The maximum Gasteiger partial charge on any atom is 0.0719 e. The van der Waals surface area contributed by atoms with Crippen LogP contribution in [0.5, 0.6) is 0 Å². The largest absolute Gasteiger partial charge is 0.226 e. The van der Waals surface area contributed by atoms with Crippen LogP contribution < -0.4 is 0 Å². The van der Waals surface area contributed by atoms with Gasteiger partial charge in [-0.25, -0.2) is 4.99 Å². The van der Waals surface area contributed by atoms with Crippen LogP contribution in [0.4, 0.5) is 0 Å². The monoisotopic (exact) mass is 263 g/mol. The zero-order chi connectivity index (χ0) is 13.2. The molecule has 3 aliphatic carbocycles. The molecule has 0 aromatic heterocycles. The van der Waals surface area contributed by atoms with Gasteiger partial charge in [0.2, 0.25) is 0 Å². The molecule has 0 aromatic carbocycles. The minimum absolute atomic E-state index is 0.0614. The van der Waals surface area contributed by atoms with Crippen LogP contribution >= 0.6 is 12.2 Å². The van der Waals surface area contributed by atoms with Gasteiger partial charge in [0.05, 0.1) is 10.7 Å². The Labute approximate surface area is 116 Å². The second kappa shape index (κ2) is 3.67. The molecule has 2 heteroatoms. The van der Waals surface area contributed by atoms with Crippen LogP contribution in [0.25, 0.3) is 0 Å². The highest BCUT2D eigenvalue weighted by Gasteiger charge is 2.70. The van der Waals surface area contributed by atoms with E-state index in [0.717, 1.165) is 17.8 Å². The van der Waals surface area contributed by atoms with Crippen molar-refractivity contribution in [3.63, 3.8) is 0 Å². The lowest BCUT2D eigenvalue weighted by atomic mass is 9.54. The predicted molar refractivity (Wildman–Crippen MR) is 78.9 cm³/mol. The molecule has 0 spiro atoms. The van der Waals surface area contributed by atoms with Crippen LogP contribution in [-0.2, 0) is 0 Å². The van der Waals surface area contributed by atoms with E-state index in [1.165, 1.54) is 32.1 Å². The molecule has 0 radical (unpaired) electrons. The number of nitrogens with zero attached hydrogens (tertiary/aromatic N) is 1. The molecule has 1 nitrogen and oxygen atoms in total. The fourth-order valence-electron chi connectivity index (χ4n) is 5.73. The molecule has 3 saturated carbocycles. The van der Waals surface area contributed by atoms with E-state index < -0.39 is 0 Å². The summed E-state index contributed by atoms with van der Waals surface area (Å²) in [6, 6.07) is 0. The average molecular weight is 263 g/mol. The Morgan fingerprint density at radius 3 is 2.50 bits per heavy atom. The highest BCUT2D eigenvalue weighted by molar-refractivity contribution is 7.78. The first-order chi connectivity index (χ1) is 8.35. The van der Waals surface area contributed by atoms with Crippen molar-refractivity contribution in [2.24, 2.45) is 33.6 Å². The smallest absolute Gasteiger partial charge is 0.0719 e. The number of aliphatic imine (C=N–C) groups is 1. The molecule has 0 saturated heterocycles. The van der Waals surface area contributed by atoms with Crippen molar-refractivity contribution in [1.29, 1.82) is 0 Å². The SMILES string of the molecule is CC1(C)[C@@H]2CC[C@]3(C)CCC[C@](C)(N=C=S)C3[C@@H]21. The Bertz CT molecular complexity index is 423. The van der Waals surface area contributed by atoms with Crippen LogP contribution in [-0.4, -0.2) is 10.7 Å². The number of thiocarbonyl (C=S) groups is 1. The number of fused-ring (bicyclic) bond motifs is 3. The van der Waals surface area contributed by atoms with E-state index in [-0.39, 0.29) is 5.54 Å². The van der Waals surface area contributed by atoms with Crippen molar-refractivity contribution in [2.45, 2.75) is 65.3 Å². The molecule has 0 amide bonds. The van der Waals surface area contributed by atoms with E-state index in [9.17, 15) is 0 Å². The summed E-state index contributed by atoms with van der Waals surface area (Å²) in [5.74, 6) is 2.53. The van der Waals surface area contributed by atoms with Gasteiger partial charge in [0.1, 0.15) is 0 Å². The maximum absolute atomic E-state index is 4.93. The van der Waals surface area contributed by atoms with E-state index in [1.54, 1.807) is 0 Å². The topological polar surface area (TPSA) is 12.4 Å². The van der Waals surface area contributed by atoms with Crippen molar-refractivity contribution >= 4 is 17.4 Å². The Balaban J connectivity index is 2.03. The molecule has 3 rings (SSSR count). The van der Waals surface area contributed by atoms with E-state index in [1.807, 2.05) is 0 Å². The molecule has 0 heterocycles. The molecule has 3 fully saturated rings. The molecule has 100 valence electrons. The van der Waals surface area contributed by atoms with E-state index in [2.05, 4.69) is 37.8 Å². The summed E-state index contributed by atoms with van der Waals surface area (Å²) in [6.45, 7) is 9.78. The molecule has 1 unspecified atom stereocenters. The lowest BCUT2D eigenvalue weighted by molar-refractivity contribution is -0.00530. The second-order valence-corrected chi connectivity index (χ2v) is 8.22. The lowest BCUT2D eigenvalue weighted by Gasteiger charge is -2.53. The van der Waals surface area contributed by atoms with Gasteiger partial charge < -0.3 is 0 Å². The summed E-state index contributed by atoms with van der Waals surface area (Å²) < 4.78 is 0. The van der Waals surface area contributed by atoms with Gasteiger partial charge in [0, 0.05) is 0 Å². The van der Waals surface area contributed by atoms with Gasteiger partial charge >= 0.3 is 0 Å². The lowest BCUT2D eigenvalue weighted by Crippen LogP contribution is -2.50. The fourth-order valence-corrected chi connectivity index (χ4v) is 5.94. The first-order valence-electron chi connectivity index (χ1n) is 7.44. The van der Waals surface area contributed by atoms with E-state index in [0.29, 0.717) is 10.8 Å². The summed E-state index contributed by atoms with van der Waals surface area (Å²) >= 11 is 4.93. The quantitative estimate of drug-likeness (QED) is 0.492. The van der Waals surface area contributed by atoms with Crippen molar-refractivity contribution in [3.8, 4) is 0 Å². The van der Waals surface area contributed by atoms with Crippen molar-refractivity contribution < 1.29 is 0 Å². The third-order valence-corrected chi connectivity index (χ3v) is 6.77. The Kier molecular flexibility index (Phi) is 2.61. The summed E-state index contributed by atoms with van der Waals surface area (Å²) in [5.41, 5.74) is 1.10. The standard InChI is InChI=1S/C16H25NS/c1-14(2)11-6-9-15(3)7-5-8-16(4,17-10-18)13(15)12(11)14/h11-13H,5-9H2,1-4H3/t11-,12-,13?,15+,16+/m1/s1. The van der Waals surface area contributed by atoms with Crippen LogP contribution in [0.15, 0.2) is 4.99 Å². The van der Waals surface area contributed by atoms with Crippen LogP contribution in [0.1, 0.15) is 59.8 Å². The molecule has 0 aromatic rings. The first kappa shape index (κ1) is 12.8. The van der Waals surface area contributed by atoms with E-state index >= 15 is 0 Å². The second-order valence-electron chi connectivity index (χ2n) is 8.04. The minimum Gasteiger partial charge on any atom is -0.226 e. The zero-order valence-electron chi connectivity index (χ0n) is 12.1. The van der Waals surface area contributed by atoms with Crippen LogP contribution in [0.3, 0.4) is 0 Å². The van der Waals surface area contributed by atoms with Gasteiger partial charge in [0.25, 0.3) is 0 Å².